The fourth-order valence-corrected chi connectivity index (χ4v) is 2.85. The normalized spacial score (nSPS) is 10.2. The summed E-state index contributed by atoms with van der Waals surface area (Å²) in [5.41, 5.74) is -0.120. The zero-order valence-electron chi connectivity index (χ0n) is 10.2. The Bertz CT molecular complexity index is 751. The first-order chi connectivity index (χ1) is 9.92. The van der Waals surface area contributed by atoms with Gasteiger partial charge in [-0.15, -0.1) is 0 Å². The molecule has 0 unspecified atom stereocenters. The Morgan fingerprint density at radius 1 is 1.24 bits per heavy atom. The molecule has 0 spiro atoms. The average molecular weight is 370 g/mol. The molecule has 0 saturated heterocycles. The van der Waals surface area contributed by atoms with Crippen LogP contribution in [0.25, 0.3) is 0 Å². The second kappa shape index (κ2) is 6.24. The summed E-state index contributed by atoms with van der Waals surface area (Å²) < 4.78 is 27.9. The molecule has 21 heavy (non-hydrogen) atoms. The minimum atomic E-state index is -1.15. The van der Waals surface area contributed by atoms with Crippen molar-refractivity contribution < 1.29 is 18.7 Å². The average Bonchev–Trinajstić information content (AvgIpc) is 2.43. The van der Waals surface area contributed by atoms with Crippen LogP contribution in [0.1, 0.15) is 15.9 Å². The highest BCUT2D eigenvalue weighted by atomic mass is 79.9. The van der Waals surface area contributed by atoms with Gasteiger partial charge in [-0.05, 0) is 46.3 Å². The lowest BCUT2D eigenvalue weighted by molar-refractivity contribution is 0.0695. The Balaban J connectivity index is 2.42. The molecule has 1 N–H and O–H groups in total. The van der Waals surface area contributed by atoms with E-state index in [1.807, 2.05) is 0 Å². The molecule has 3 nitrogen and oxygen atoms in total. The van der Waals surface area contributed by atoms with E-state index in [1.165, 1.54) is 18.2 Å². The maximum absolute atomic E-state index is 13.8. The van der Waals surface area contributed by atoms with Gasteiger partial charge in [0.15, 0.2) is 0 Å². The summed E-state index contributed by atoms with van der Waals surface area (Å²) in [5, 5.41) is 17.6. The van der Waals surface area contributed by atoms with Gasteiger partial charge < -0.3 is 5.11 Å². The van der Waals surface area contributed by atoms with E-state index >= 15 is 0 Å². The molecule has 0 aliphatic rings. The van der Waals surface area contributed by atoms with Gasteiger partial charge in [0.05, 0.1) is 22.1 Å². The second-order valence-corrected chi connectivity index (χ2v) is 5.87. The lowest BCUT2D eigenvalue weighted by Gasteiger charge is -2.07. The van der Waals surface area contributed by atoms with Crippen LogP contribution in [0, 0.1) is 23.0 Å². The number of benzene rings is 2. The van der Waals surface area contributed by atoms with E-state index in [0.717, 1.165) is 23.9 Å². The number of aromatic carboxylic acids is 1. The van der Waals surface area contributed by atoms with Crippen molar-refractivity contribution in [3.8, 4) is 6.07 Å². The molecular formula is C14H6BrF2NO2S. The van der Waals surface area contributed by atoms with Gasteiger partial charge in [-0.2, -0.15) is 5.26 Å². The van der Waals surface area contributed by atoms with Gasteiger partial charge in [-0.25, -0.2) is 13.6 Å². The van der Waals surface area contributed by atoms with Crippen molar-refractivity contribution >= 4 is 33.7 Å². The number of nitrogens with zero attached hydrogens (tertiary/aromatic N) is 1. The molecule has 2 aromatic rings. The van der Waals surface area contributed by atoms with Crippen LogP contribution in [0.3, 0.4) is 0 Å². The van der Waals surface area contributed by atoms with E-state index < -0.39 is 17.6 Å². The van der Waals surface area contributed by atoms with Gasteiger partial charge in [0.25, 0.3) is 0 Å². The summed E-state index contributed by atoms with van der Waals surface area (Å²) in [6, 6.07) is 7.87. The van der Waals surface area contributed by atoms with Crippen molar-refractivity contribution in [3.63, 3.8) is 0 Å². The number of carboxylic acid groups (broad SMARTS) is 1. The quantitative estimate of drug-likeness (QED) is 0.867. The van der Waals surface area contributed by atoms with Crippen molar-refractivity contribution in [1.82, 2.24) is 0 Å². The smallest absolute Gasteiger partial charge is 0.336 e. The highest BCUT2D eigenvalue weighted by molar-refractivity contribution is 9.10. The van der Waals surface area contributed by atoms with Crippen LogP contribution in [-0.2, 0) is 0 Å². The highest BCUT2D eigenvalue weighted by Crippen LogP contribution is 2.34. The first kappa shape index (κ1) is 15.5. The minimum Gasteiger partial charge on any atom is -0.478 e. The predicted molar refractivity (Wildman–Crippen MR) is 76.3 cm³/mol. The molecular weight excluding hydrogens is 364 g/mol. The fraction of sp³-hybridized carbons (Fsp3) is 0. The third-order valence-corrected chi connectivity index (χ3v) is 4.29. The summed E-state index contributed by atoms with van der Waals surface area (Å²) in [4.78, 5) is 11.1. The maximum Gasteiger partial charge on any atom is 0.336 e. The Labute approximate surface area is 131 Å². The van der Waals surface area contributed by atoms with Crippen LogP contribution in [-0.4, -0.2) is 11.1 Å². The summed E-state index contributed by atoms with van der Waals surface area (Å²) in [7, 11) is 0. The molecule has 0 heterocycles. The number of carboxylic acids is 1. The first-order valence-corrected chi connectivity index (χ1v) is 7.13. The molecule has 2 aromatic carbocycles. The molecule has 0 amide bonds. The first-order valence-electron chi connectivity index (χ1n) is 5.52. The second-order valence-electron chi connectivity index (χ2n) is 3.93. The van der Waals surface area contributed by atoms with Crippen molar-refractivity contribution in [2.45, 2.75) is 9.79 Å². The zero-order chi connectivity index (χ0) is 15.6. The topological polar surface area (TPSA) is 61.1 Å². The lowest BCUT2D eigenvalue weighted by atomic mass is 10.2. The number of hydrogen-bond donors (Lipinski definition) is 1. The third-order valence-electron chi connectivity index (χ3n) is 2.52. The number of rotatable bonds is 3. The number of halogens is 3. The molecule has 7 heteroatoms. The van der Waals surface area contributed by atoms with Crippen molar-refractivity contribution in [2.24, 2.45) is 0 Å². The molecule has 0 aromatic heterocycles. The molecule has 0 aliphatic heterocycles. The summed E-state index contributed by atoms with van der Waals surface area (Å²) in [5.74, 6) is -2.88. The minimum absolute atomic E-state index is 0.00513. The summed E-state index contributed by atoms with van der Waals surface area (Å²) >= 11 is 3.85. The summed E-state index contributed by atoms with van der Waals surface area (Å²) in [6.07, 6.45) is 0. The summed E-state index contributed by atoms with van der Waals surface area (Å²) in [6.45, 7) is 0. The van der Waals surface area contributed by atoms with E-state index in [9.17, 15) is 13.6 Å². The van der Waals surface area contributed by atoms with Gasteiger partial charge in [0.1, 0.15) is 11.6 Å². The van der Waals surface area contributed by atoms with Gasteiger partial charge in [-0.3, -0.25) is 0 Å². The van der Waals surface area contributed by atoms with E-state index in [2.05, 4.69) is 15.9 Å². The molecule has 0 bridgehead atoms. The van der Waals surface area contributed by atoms with Gasteiger partial charge in [0.2, 0.25) is 0 Å². The number of carbonyl (C=O) groups is 1. The van der Waals surface area contributed by atoms with Crippen LogP contribution in [0.4, 0.5) is 8.78 Å². The monoisotopic (exact) mass is 369 g/mol. The molecule has 0 atom stereocenters. The number of nitriles is 1. The van der Waals surface area contributed by atoms with Crippen molar-refractivity contribution in [1.29, 1.82) is 5.26 Å². The highest BCUT2D eigenvalue weighted by Gasteiger charge is 2.15. The van der Waals surface area contributed by atoms with E-state index in [4.69, 9.17) is 10.4 Å². The van der Waals surface area contributed by atoms with E-state index in [1.54, 1.807) is 6.07 Å². The van der Waals surface area contributed by atoms with Crippen LogP contribution in [0.15, 0.2) is 44.6 Å². The molecule has 0 radical (unpaired) electrons. The van der Waals surface area contributed by atoms with Crippen molar-refractivity contribution in [2.75, 3.05) is 0 Å². The zero-order valence-corrected chi connectivity index (χ0v) is 12.6. The predicted octanol–water partition coefficient (Wildman–Crippen LogP) is 4.45. The standard InChI is InChI=1S/C14H6BrF2NO2S/c15-10-2-1-8(5-9(10)14(19)20)21-13-11(16)3-7(6-18)4-12(13)17/h1-5H,(H,19,20). The van der Waals surface area contributed by atoms with E-state index in [-0.39, 0.29) is 16.0 Å². The van der Waals surface area contributed by atoms with Gasteiger partial charge >= 0.3 is 5.97 Å². The van der Waals surface area contributed by atoms with Crippen LogP contribution < -0.4 is 0 Å². The SMILES string of the molecule is N#Cc1cc(F)c(Sc2ccc(Br)c(C(=O)O)c2)c(F)c1. The van der Waals surface area contributed by atoms with Crippen LogP contribution in [0.5, 0.6) is 0 Å². The Kier molecular flexibility index (Phi) is 4.60. The molecule has 2 rings (SSSR count). The van der Waals surface area contributed by atoms with Gasteiger partial charge in [0, 0.05) is 9.37 Å². The molecule has 0 saturated carbocycles. The Morgan fingerprint density at radius 3 is 2.38 bits per heavy atom. The molecule has 0 aliphatic carbocycles. The van der Waals surface area contributed by atoms with Crippen LogP contribution >= 0.6 is 27.7 Å². The largest absolute Gasteiger partial charge is 0.478 e. The Hall–Kier alpha value is -1.91. The Morgan fingerprint density at radius 2 is 1.86 bits per heavy atom. The molecule has 106 valence electrons. The number of hydrogen-bond acceptors (Lipinski definition) is 3. The van der Waals surface area contributed by atoms with Crippen molar-refractivity contribution in [3.05, 3.63) is 57.6 Å². The van der Waals surface area contributed by atoms with E-state index in [0.29, 0.717) is 9.37 Å². The van der Waals surface area contributed by atoms with Crippen LogP contribution in [0.2, 0.25) is 0 Å². The lowest BCUT2D eigenvalue weighted by Crippen LogP contribution is -1.98. The fourth-order valence-electron chi connectivity index (χ4n) is 1.57. The third kappa shape index (κ3) is 3.40. The molecule has 0 fully saturated rings. The van der Waals surface area contributed by atoms with Gasteiger partial charge in [-0.1, -0.05) is 11.8 Å². The maximum atomic E-state index is 13.8.